The molecule has 0 fully saturated rings. The number of carbonyl (C=O) groups excluding carboxylic acids is 1. The fourth-order valence-electron chi connectivity index (χ4n) is 3.08. The van der Waals surface area contributed by atoms with Gasteiger partial charge in [0.2, 0.25) is 5.91 Å². The van der Waals surface area contributed by atoms with Gasteiger partial charge in [-0.25, -0.2) is 14.2 Å². The summed E-state index contributed by atoms with van der Waals surface area (Å²) in [4.78, 5) is 42.5. The first kappa shape index (κ1) is 21.8. The number of pyridine rings is 1. The van der Waals surface area contributed by atoms with Crippen molar-refractivity contribution in [2.24, 2.45) is 14.1 Å². The molecule has 0 aliphatic carbocycles. The quantitative estimate of drug-likeness (QED) is 0.607. The molecule has 9 heteroatoms. The number of nitrogens with one attached hydrogen (secondary N) is 1. The number of benzene rings is 1. The number of thioether (sulfide) groups is 1. The summed E-state index contributed by atoms with van der Waals surface area (Å²) in [6, 6.07) is 5.91. The Bertz CT molecular complexity index is 1220. The largest absolute Gasteiger partial charge is 0.351 e. The summed E-state index contributed by atoms with van der Waals surface area (Å²) in [5.41, 5.74) is 1.04. The van der Waals surface area contributed by atoms with Crippen LogP contribution in [0.25, 0.3) is 11.0 Å². The van der Waals surface area contributed by atoms with Crippen molar-refractivity contribution in [1.29, 1.82) is 0 Å². The molecular weight excluding hydrogens is 407 g/mol. The molecule has 158 valence electrons. The highest BCUT2D eigenvalue weighted by molar-refractivity contribution is 8.00. The van der Waals surface area contributed by atoms with E-state index in [4.69, 9.17) is 0 Å². The third kappa shape index (κ3) is 4.30. The van der Waals surface area contributed by atoms with Crippen molar-refractivity contribution in [2.45, 2.75) is 31.2 Å². The molecule has 0 radical (unpaired) electrons. The van der Waals surface area contributed by atoms with Crippen LogP contribution in [0.4, 0.5) is 4.39 Å². The van der Waals surface area contributed by atoms with E-state index < -0.39 is 11.2 Å². The number of halogens is 1. The Morgan fingerprint density at radius 1 is 1.17 bits per heavy atom. The zero-order valence-electron chi connectivity index (χ0n) is 17.2. The summed E-state index contributed by atoms with van der Waals surface area (Å²) < 4.78 is 15.4. The molecule has 1 amide bonds. The van der Waals surface area contributed by atoms with Gasteiger partial charge in [0.25, 0.3) is 5.56 Å². The Morgan fingerprint density at radius 2 is 1.83 bits per heavy atom. The molecule has 0 saturated carbocycles. The predicted molar refractivity (Wildman–Crippen MR) is 115 cm³/mol. The first-order chi connectivity index (χ1) is 14.2. The monoisotopic (exact) mass is 430 g/mol. The van der Waals surface area contributed by atoms with Crippen molar-refractivity contribution >= 4 is 28.7 Å². The van der Waals surface area contributed by atoms with Crippen LogP contribution >= 0.6 is 11.8 Å². The highest BCUT2D eigenvalue weighted by atomic mass is 32.2. The zero-order chi connectivity index (χ0) is 22.0. The maximum Gasteiger partial charge on any atom is 0.332 e. The van der Waals surface area contributed by atoms with E-state index in [1.807, 2.05) is 13.8 Å². The lowest BCUT2D eigenvalue weighted by atomic mass is 10.0. The lowest BCUT2D eigenvalue weighted by Crippen LogP contribution is -2.37. The van der Waals surface area contributed by atoms with Gasteiger partial charge in [0.1, 0.15) is 11.5 Å². The van der Waals surface area contributed by atoms with E-state index in [1.165, 1.54) is 35.5 Å². The molecule has 0 bridgehead atoms. The Kier molecular flexibility index (Phi) is 6.40. The minimum absolute atomic E-state index is 0.0774. The Morgan fingerprint density at radius 3 is 2.47 bits per heavy atom. The van der Waals surface area contributed by atoms with Crippen molar-refractivity contribution in [2.75, 3.05) is 5.75 Å². The first-order valence-electron chi connectivity index (χ1n) is 9.43. The van der Waals surface area contributed by atoms with Crippen LogP contribution in [0, 0.1) is 5.82 Å². The molecule has 0 unspecified atom stereocenters. The van der Waals surface area contributed by atoms with Crippen LogP contribution in [0.15, 0.2) is 44.9 Å². The van der Waals surface area contributed by atoms with Gasteiger partial charge in [-0.1, -0.05) is 26.0 Å². The van der Waals surface area contributed by atoms with E-state index in [1.54, 1.807) is 25.4 Å². The zero-order valence-corrected chi connectivity index (χ0v) is 18.0. The molecular formula is C21H23FN4O3S. The Labute approximate surface area is 176 Å². The molecule has 1 N–H and O–H groups in total. The maximum atomic E-state index is 13.0. The molecule has 1 aromatic carbocycles. The van der Waals surface area contributed by atoms with Crippen molar-refractivity contribution in [3.63, 3.8) is 0 Å². The summed E-state index contributed by atoms with van der Waals surface area (Å²) in [6.07, 6.45) is 1.66. The summed E-state index contributed by atoms with van der Waals surface area (Å²) in [5, 5.41) is 3.13. The molecule has 3 rings (SSSR count). The lowest BCUT2D eigenvalue weighted by molar-refractivity contribution is -0.118. The van der Waals surface area contributed by atoms with Gasteiger partial charge in [0, 0.05) is 31.7 Å². The number of fused-ring (bicyclic) bond motifs is 1. The van der Waals surface area contributed by atoms with Crippen LogP contribution in [0.3, 0.4) is 0 Å². The highest BCUT2D eigenvalue weighted by Crippen LogP contribution is 2.32. The van der Waals surface area contributed by atoms with Gasteiger partial charge in [0.15, 0.2) is 0 Å². The summed E-state index contributed by atoms with van der Waals surface area (Å²) in [6.45, 7) is 4.24. The van der Waals surface area contributed by atoms with Crippen LogP contribution in [0.1, 0.15) is 30.9 Å². The molecule has 0 spiro atoms. The number of rotatable bonds is 6. The van der Waals surface area contributed by atoms with Crippen molar-refractivity contribution in [1.82, 2.24) is 19.4 Å². The fourth-order valence-corrected chi connectivity index (χ4v) is 4.23. The van der Waals surface area contributed by atoms with E-state index in [0.29, 0.717) is 15.9 Å². The standard InChI is InChI=1S/C21H23FN4O3S/c1-12(2)15-10-24-19-17(20(28)26(4)21(29)25(19)3)18(15)30-11-16(27)23-9-13-5-7-14(22)8-6-13/h5-8,10,12H,9,11H2,1-4H3,(H,23,27). The number of hydrogen-bond donors (Lipinski definition) is 1. The molecule has 0 atom stereocenters. The molecule has 2 aromatic heterocycles. The second-order valence-corrected chi connectivity index (χ2v) is 8.28. The SMILES string of the molecule is CC(C)c1cnc2c(c1SCC(=O)NCc1ccc(F)cc1)c(=O)n(C)c(=O)n2C. The van der Waals surface area contributed by atoms with Crippen LogP contribution in [-0.2, 0) is 25.4 Å². The number of hydrogen-bond acceptors (Lipinski definition) is 5. The van der Waals surface area contributed by atoms with Gasteiger partial charge >= 0.3 is 5.69 Å². The predicted octanol–water partition coefficient (Wildman–Crippen LogP) is 2.30. The molecule has 30 heavy (non-hydrogen) atoms. The number of carbonyl (C=O) groups is 1. The first-order valence-corrected chi connectivity index (χ1v) is 10.4. The van der Waals surface area contributed by atoms with Gasteiger partial charge in [-0.05, 0) is 29.2 Å². The summed E-state index contributed by atoms with van der Waals surface area (Å²) in [7, 11) is 2.99. The third-order valence-electron chi connectivity index (χ3n) is 4.82. The second-order valence-electron chi connectivity index (χ2n) is 7.29. The second kappa shape index (κ2) is 8.83. The van der Waals surface area contributed by atoms with E-state index in [-0.39, 0.29) is 29.9 Å². The van der Waals surface area contributed by atoms with Crippen molar-refractivity contribution in [3.8, 4) is 0 Å². The average Bonchev–Trinajstić information content (AvgIpc) is 2.73. The molecule has 3 aromatic rings. The topological polar surface area (TPSA) is 86.0 Å². The van der Waals surface area contributed by atoms with Crippen LogP contribution in [-0.4, -0.2) is 25.8 Å². The summed E-state index contributed by atoms with van der Waals surface area (Å²) in [5.74, 6) is -0.381. The van der Waals surface area contributed by atoms with E-state index >= 15 is 0 Å². The van der Waals surface area contributed by atoms with Crippen LogP contribution in [0.5, 0.6) is 0 Å². The summed E-state index contributed by atoms with van der Waals surface area (Å²) >= 11 is 1.25. The van der Waals surface area contributed by atoms with E-state index in [9.17, 15) is 18.8 Å². The van der Waals surface area contributed by atoms with E-state index in [2.05, 4.69) is 10.3 Å². The van der Waals surface area contributed by atoms with Crippen LogP contribution in [0.2, 0.25) is 0 Å². The Hall–Kier alpha value is -2.94. The van der Waals surface area contributed by atoms with Crippen molar-refractivity contribution < 1.29 is 9.18 Å². The minimum atomic E-state index is -0.453. The van der Waals surface area contributed by atoms with Gasteiger partial charge < -0.3 is 5.32 Å². The lowest BCUT2D eigenvalue weighted by Gasteiger charge is -2.16. The average molecular weight is 431 g/mol. The molecule has 0 aliphatic rings. The van der Waals surface area contributed by atoms with Crippen molar-refractivity contribution in [3.05, 3.63) is 68.2 Å². The minimum Gasteiger partial charge on any atom is -0.351 e. The van der Waals surface area contributed by atoms with Gasteiger partial charge in [-0.3, -0.25) is 18.7 Å². The molecule has 0 saturated heterocycles. The maximum absolute atomic E-state index is 13.0. The van der Waals surface area contributed by atoms with Gasteiger partial charge in [0.05, 0.1) is 11.1 Å². The molecule has 0 aliphatic heterocycles. The van der Waals surface area contributed by atoms with Gasteiger partial charge in [-0.2, -0.15) is 0 Å². The third-order valence-corrected chi connectivity index (χ3v) is 5.96. The molecule has 2 heterocycles. The number of aryl methyl sites for hydroxylation is 1. The van der Waals surface area contributed by atoms with Crippen LogP contribution < -0.4 is 16.6 Å². The number of aromatic nitrogens is 3. The fraction of sp³-hybridized carbons (Fsp3) is 0.333. The Balaban J connectivity index is 1.89. The van der Waals surface area contributed by atoms with Gasteiger partial charge in [-0.15, -0.1) is 11.8 Å². The molecule has 7 nitrogen and oxygen atoms in total. The normalized spacial score (nSPS) is 11.3. The highest BCUT2D eigenvalue weighted by Gasteiger charge is 2.20. The smallest absolute Gasteiger partial charge is 0.332 e. The number of amides is 1. The van der Waals surface area contributed by atoms with E-state index in [0.717, 1.165) is 15.7 Å². The number of nitrogens with zero attached hydrogens (tertiary/aromatic N) is 3.